The molecule has 10 aromatic carbocycles. The van der Waals surface area contributed by atoms with E-state index in [9.17, 15) is 0 Å². The van der Waals surface area contributed by atoms with Gasteiger partial charge in [0.2, 0.25) is 0 Å². The molecule has 2 heterocycles. The van der Waals surface area contributed by atoms with Crippen molar-refractivity contribution in [2.24, 2.45) is 0 Å². The van der Waals surface area contributed by atoms with Gasteiger partial charge in [0.25, 0.3) is 0 Å². The maximum absolute atomic E-state index is 6.53. The van der Waals surface area contributed by atoms with Gasteiger partial charge in [-0.05, 0) is 110 Å². The Labute approximate surface area is 340 Å². The van der Waals surface area contributed by atoms with Crippen LogP contribution in [0.3, 0.4) is 0 Å². The van der Waals surface area contributed by atoms with Gasteiger partial charge in [-0.25, -0.2) is 0 Å². The Bertz CT molecular complexity index is 3540. The first kappa shape index (κ1) is 33.3. The number of hydrogen-bond donors (Lipinski definition) is 0. The van der Waals surface area contributed by atoms with Crippen LogP contribution >= 0.6 is 0 Å². The van der Waals surface area contributed by atoms with Crippen LogP contribution in [-0.2, 0) is 0 Å². The van der Waals surface area contributed by atoms with Crippen molar-refractivity contribution in [1.29, 1.82) is 0 Å². The molecule has 0 saturated heterocycles. The number of rotatable bonds is 6. The number of benzene rings is 10. The molecule has 3 heteroatoms. The van der Waals surface area contributed by atoms with Crippen molar-refractivity contribution in [1.82, 2.24) is 0 Å². The summed E-state index contributed by atoms with van der Waals surface area (Å²) >= 11 is 0. The number of para-hydroxylation sites is 2. The number of fused-ring (bicyclic) bond motifs is 9. The number of furan rings is 2. The second-order valence-electron chi connectivity index (χ2n) is 15.2. The molecular weight excluding hydrogens is 719 g/mol. The first-order chi connectivity index (χ1) is 29.2. The molecule has 0 aliphatic heterocycles. The molecule has 276 valence electrons. The molecular formula is C56H35NO2. The molecule has 0 atom stereocenters. The third kappa shape index (κ3) is 5.44. The highest BCUT2D eigenvalue weighted by Gasteiger charge is 2.21. The van der Waals surface area contributed by atoms with Gasteiger partial charge < -0.3 is 13.7 Å². The van der Waals surface area contributed by atoms with Gasteiger partial charge >= 0.3 is 0 Å². The zero-order valence-electron chi connectivity index (χ0n) is 32.0. The summed E-state index contributed by atoms with van der Waals surface area (Å²) < 4.78 is 12.9. The van der Waals surface area contributed by atoms with E-state index in [-0.39, 0.29) is 0 Å². The van der Waals surface area contributed by atoms with Crippen LogP contribution in [-0.4, -0.2) is 0 Å². The maximum Gasteiger partial charge on any atom is 0.137 e. The fourth-order valence-corrected chi connectivity index (χ4v) is 9.12. The summed E-state index contributed by atoms with van der Waals surface area (Å²) in [5.74, 6) is 0. The van der Waals surface area contributed by atoms with E-state index < -0.39 is 0 Å². The largest absolute Gasteiger partial charge is 0.456 e. The van der Waals surface area contributed by atoms with Gasteiger partial charge in [0.05, 0.1) is 0 Å². The van der Waals surface area contributed by atoms with E-state index in [0.717, 1.165) is 72.1 Å². The molecule has 0 N–H and O–H groups in total. The number of nitrogens with zero attached hydrogens (tertiary/aromatic N) is 1. The minimum atomic E-state index is 0.860. The zero-order chi connectivity index (χ0) is 38.9. The van der Waals surface area contributed by atoms with Crippen LogP contribution in [0.5, 0.6) is 0 Å². The molecule has 12 aromatic rings. The van der Waals surface area contributed by atoms with Crippen LogP contribution in [0.4, 0.5) is 17.1 Å². The molecule has 0 fully saturated rings. The van der Waals surface area contributed by atoms with Crippen molar-refractivity contribution in [3.8, 4) is 33.4 Å². The summed E-state index contributed by atoms with van der Waals surface area (Å²) in [5.41, 5.74) is 13.6. The molecule has 0 aliphatic rings. The van der Waals surface area contributed by atoms with Crippen LogP contribution < -0.4 is 4.90 Å². The molecule has 3 nitrogen and oxygen atoms in total. The van der Waals surface area contributed by atoms with Crippen LogP contribution in [0.25, 0.3) is 98.8 Å². The summed E-state index contributed by atoms with van der Waals surface area (Å²) in [7, 11) is 0. The highest BCUT2D eigenvalue weighted by molar-refractivity contribution is 6.22. The maximum atomic E-state index is 6.53. The Kier molecular flexibility index (Phi) is 7.54. The molecule has 0 unspecified atom stereocenters. The van der Waals surface area contributed by atoms with Gasteiger partial charge in [0.1, 0.15) is 22.3 Å². The average molecular weight is 754 g/mol. The van der Waals surface area contributed by atoms with Crippen molar-refractivity contribution in [3.63, 3.8) is 0 Å². The summed E-state index contributed by atoms with van der Waals surface area (Å²) in [6, 6.07) is 75.7. The van der Waals surface area contributed by atoms with E-state index in [1.54, 1.807) is 0 Å². The van der Waals surface area contributed by atoms with Gasteiger partial charge in [0, 0.05) is 50.2 Å². The fourth-order valence-electron chi connectivity index (χ4n) is 9.12. The monoisotopic (exact) mass is 753 g/mol. The van der Waals surface area contributed by atoms with Crippen LogP contribution in [0, 0.1) is 0 Å². The van der Waals surface area contributed by atoms with E-state index >= 15 is 0 Å². The van der Waals surface area contributed by atoms with Crippen molar-refractivity contribution in [3.05, 3.63) is 212 Å². The zero-order valence-corrected chi connectivity index (χ0v) is 32.0. The molecule has 2 aromatic heterocycles. The van der Waals surface area contributed by atoms with Crippen LogP contribution in [0.2, 0.25) is 0 Å². The third-order valence-corrected chi connectivity index (χ3v) is 11.9. The molecule has 59 heavy (non-hydrogen) atoms. The minimum Gasteiger partial charge on any atom is -0.456 e. The Morgan fingerprint density at radius 2 is 0.831 bits per heavy atom. The van der Waals surface area contributed by atoms with E-state index in [1.165, 1.54) is 43.8 Å². The Morgan fingerprint density at radius 1 is 0.288 bits per heavy atom. The first-order valence-electron chi connectivity index (χ1n) is 20.1. The van der Waals surface area contributed by atoms with Crippen LogP contribution in [0.15, 0.2) is 221 Å². The Morgan fingerprint density at radius 3 is 1.59 bits per heavy atom. The lowest BCUT2D eigenvalue weighted by Gasteiger charge is -2.26. The number of anilines is 3. The molecule has 0 spiro atoms. The van der Waals surface area contributed by atoms with Crippen molar-refractivity contribution in [2.75, 3.05) is 4.90 Å². The van der Waals surface area contributed by atoms with Crippen molar-refractivity contribution < 1.29 is 8.83 Å². The van der Waals surface area contributed by atoms with E-state index in [4.69, 9.17) is 8.83 Å². The average Bonchev–Trinajstić information content (AvgIpc) is 3.88. The molecule has 0 radical (unpaired) electrons. The SMILES string of the molecule is c1ccc(-c2ccc(N(c3ccc(-c4ccc5oc6ccccc6c5c4-c4cc5ccccc5c5ccccc45)cc3)c3ccc4c(c3)oc3ccccc34)cc2)cc1. The van der Waals surface area contributed by atoms with Gasteiger partial charge in [0.15, 0.2) is 0 Å². The van der Waals surface area contributed by atoms with E-state index in [1.807, 2.05) is 18.2 Å². The lowest BCUT2D eigenvalue weighted by molar-refractivity contribution is 0.668. The lowest BCUT2D eigenvalue weighted by atomic mass is 9.86. The molecule has 0 saturated carbocycles. The molecule has 0 amide bonds. The van der Waals surface area contributed by atoms with Gasteiger partial charge in [-0.3, -0.25) is 0 Å². The van der Waals surface area contributed by atoms with Crippen LogP contribution in [0.1, 0.15) is 0 Å². The summed E-state index contributed by atoms with van der Waals surface area (Å²) in [5, 5.41) is 9.38. The molecule has 0 aliphatic carbocycles. The normalized spacial score (nSPS) is 11.7. The second-order valence-corrected chi connectivity index (χ2v) is 15.2. The van der Waals surface area contributed by atoms with Crippen molar-refractivity contribution >= 4 is 82.5 Å². The lowest BCUT2D eigenvalue weighted by Crippen LogP contribution is -2.09. The smallest absolute Gasteiger partial charge is 0.137 e. The van der Waals surface area contributed by atoms with E-state index in [2.05, 4.69) is 199 Å². The summed E-state index contributed by atoms with van der Waals surface area (Å²) in [4.78, 5) is 2.32. The summed E-state index contributed by atoms with van der Waals surface area (Å²) in [6.45, 7) is 0. The quantitative estimate of drug-likeness (QED) is 0.158. The standard InChI is InChI=1S/C56H35NO2/c1-2-12-36(13-3-1)37-22-26-40(27-23-37)57(42-30-31-48-47-18-8-10-20-51(47)59-54(48)35-42)41-28-24-38(25-29-41)44-32-33-53-56(49-19-9-11-21-52(49)58-53)55(44)50-34-39-14-4-5-15-43(39)45-16-6-7-17-46(45)50/h1-35H. The highest BCUT2D eigenvalue weighted by atomic mass is 16.3. The summed E-state index contributed by atoms with van der Waals surface area (Å²) in [6.07, 6.45) is 0. The van der Waals surface area contributed by atoms with Gasteiger partial charge in [-0.2, -0.15) is 0 Å². The third-order valence-electron chi connectivity index (χ3n) is 11.9. The topological polar surface area (TPSA) is 29.5 Å². The predicted octanol–water partition coefficient (Wildman–Crippen LogP) is 16.3. The Hall–Kier alpha value is -7.88. The van der Waals surface area contributed by atoms with E-state index in [0.29, 0.717) is 0 Å². The van der Waals surface area contributed by atoms with Gasteiger partial charge in [-0.15, -0.1) is 0 Å². The first-order valence-corrected chi connectivity index (χ1v) is 20.1. The van der Waals surface area contributed by atoms with Gasteiger partial charge in [-0.1, -0.05) is 146 Å². The number of hydrogen-bond acceptors (Lipinski definition) is 3. The predicted molar refractivity (Wildman–Crippen MR) is 247 cm³/mol. The Balaban J connectivity index is 1.05. The highest BCUT2D eigenvalue weighted by Crippen LogP contribution is 2.47. The minimum absolute atomic E-state index is 0.860. The fraction of sp³-hybridized carbons (Fsp3) is 0. The molecule has 0 bridgehead atoms. The molecule has 12 rings (SSSR count). The second kappa shape index (κ2) is 13.4. The van der Waals surface area contributed by atoms with Crippen molar-refractivity contribution in [2.45, 2.75) is 0 Å².